The van der Waals surface area contributed by atoms with E-state index in [0.717, 1.165) is 35.1 Å². The van der Waals surface area contributed by atoms with Crippen LogP contribution in [0.25, 0.3) is 5.69 Å². The molecule has 0 saturated heterocycles. The Hall–Kier alpha value is -2.93. The highest BCUT2D eigenvalue weighted by atomic mass is 16.5. The molecule has 26 heavy (non-hydrogen) atoms. The third kappa shape index (κ3) is 4.18. The molecular weight excluding hydrogens is 330 g/mol. The van der Waals surface area contributed by atoms with Gasteiger partial charge in [0.05, 0.1) is 25.9 Å². The molecule has 0 aliphatic heterocycles. The second-order valence-corrected chi connectivity index (χ2v) is 5.93. The SMILES string of the molecule is CCOc1ccc(CN(C)Cc2nnnn2-c2ccccc2)cc1OC. The van der Waals surface area contributed by atoms with E-state index in [4.69, 9.17) is 9.47 Å². The molecule has 0 aliphatic carbocycles. The first-order valence-corrected chi connectivity index (χ1v) is 8.52. The summed E-state index contributed by atoms with van der Waals surface area (Å²) in [6.45, 7) is 3.93. The fourth-order valence-electron chi connectivity index (χ4n) is 2.77. The minimum absolute atomic E-state index is 0.609. The zero-order valence-corrected chi connectivity index (χ0v) is 15.3. The largest absolute Gasteiger partial charge is 0.493 e. The number of benzene rings is 2. The average Bonchev–Trinajstić information content (AvgIpc) is 3.11. The molecule has 0 unspecified atom stereocenters. The monoisotopic (exact) mass is 353 g/mol. The molecule has 0 bridgehead atoms. The van der Waals surface area contributed by atoms with Crippen molar-refractivity contribution in [1.82, 2.24) is 25.1 Å². The predicted molar refractivity (Wildman–Crippen MR) is 98.5 cm³/mol. The van der Waals surface area contributed by atoms with Crippen LogP contribution in [0.4, 0.5) is 0 Å². The van der Waals surface area contributed by atoms with Crippen molar-refractivity contribution in [1.29, 1.82) is 0 Å². The molecule has 7 heteroatoms. The van der Waals surface area contributed by atoms with Crippen LogP contribution in [0.5, 0.6) is 11.5 Å². The molecule has 0 fully saturated rings. The Balaban J connectivity index is 1.70. The molecule has 7 nitrogen and oxygen atoms in total. The molecule has 1 aromatic heterocycles. The molecule has 3 aromatic rings. The molecule has 136 valence electrons. The van der Waals surface area contributed by atoms with Gasteiger partial charge in [0.1, 0.15) is 0 Å². The lowest BCUT2D eigenvalue weighted by Crippen LogP contribution is -2.20. The maximum atomic E-state index is 5.57. The van der Waals surface area contributed by atoms with E-state index in [1.54, 1.807) is 11.8 Å². The third-order valence-corrected chi connectivity index (χ3v) is 3.93. The number of ether oxygens (including phenoxy) is 2. The highest BCUT2D eigenvalue weighted by Crippen LogP contribution is 2.28. The number of hydrogen-bond acceptors (Lipinski definition) is 6. The van der Waals surface area contributed by atoms with Crippen LogP contribution in [0, 0.1) is 0 Å². The van der Waals surface area contributed by atoms with E-state index in [1.807, 2.05) is 62.5 Å². The van der Waals surface area contributed by atoms with Crippen molar-refractivity contribution in [2.24, 2.45) is 0 Å². The summed E-state index contributed by atoms with van der Waals surface area (Å²) in [7, 11) is 3.69. The minimum Gasteiger partial charge on any atom is -0.493 e. The van der Waals surface area contributed by atoms with Crippen LogP contribution in [0.2, 0.25) is 0 Å². The second-order valence-electron chi connectivity index (χ2n) is 5.93. The molecule has 3 rings (SSSR count). The van der Waals surface area contributed by atoms with Crippen molar-refractivity contribution in [3.63, 3.8) is 0 Å². The fraction of sp³-hybridized carbons (Fsp3) is 0.316. The Kier molecular flexibility index (Phi) is 5.80. The normalized spacial score (nSPS) is 10.9. The number of methoxy groups -OCH3 is 1. The summed E-state index contributed by atoms with van der Waals surface area (Å²) in [5, 5.41) is 12.1. The Morgan fingerprint density at radius 3 is 2.58 bits per heavy atom. The van der Waals surface area contributed by atoms with Gasteiger partial charge in [0.25, 0.3) is 0 Å². The predicted octanol–water partition coefficient (Wildman–Crippen LogP) is 2.70. The minimum atomic E-state index is 0.609. The molecule has 0 amide bonds. The Morgan fingerprint density at radius 1 is 1.04 bits per heavy atom. The summed E-state index contributed by atoms with van der Waals surface area (Å²) in [4.78, 5) is 2.15. The first-order valence-electron chi connectivity index (χ1n) is 8.52. The van der Waals surface area contributed by atoms with Crippen LogP contribution in [0.15, 0.2) is 48.5 Å². The van der Waals surface area contributed by atoms with Gasteiger partial charge in [-0.15, -0.1) is 5.10 Å². The average molecular weight is 353 g/mol. The van der Waals surface area contributed by atoms with Crippen molar-refractivity contribution in [2.75, 3.05) is 20.8 Å². The van der Waals surface area contributed by atoms with E-state index in [1.165, 1.54) is 0 Å². The van der Waals surface area contributed by atoms with Gasteiger partial charge >= 0.3 is 0 Å². The van der Waals surface area contributed by atoms with Crippen molar-refractivity contribution >= 4 is 0 Å². The summed E-state index contributed by atoms with van der Waals surface area (Å²) < 4.78 is 12.8. The van der Waals surface area contributed by atoms with Crippen LogP contribution < -0.4 is 9.47 Å². The summed E-state index contributed by atoms with van der Waals surface area (Å²) in [6.07, 6.45) is 0. The molecular formula is C19H23N5O2. The highest BCUT2D eigenvalue weighted by molar-refractivity contribution is 5.43. The van der Waals surface area contributed by atoms with Gasteiger partial charge in [0, 0.05) is 6.54 Å². The lowest BCUT2D eigenvalue weighted by molar-refractivity contribution is 0.300. The van der Waals surface area contributed by atoms with Crippen molar-refractivity contribution in [3.8, 4) is 17.2 Å². The zero-order valence-electron chi connectivity index (χ0n) is 15.3. The van der Waals surface area contributed by atoms with E-state index in [-0.39, 0.29) is 0 Å². The van der Waals surface area contributed by atoms with Crippen LogP contribution in [0.1, 0.15) is 18.3 Å². The Bertz CT molecular complexity index is 835. The van der Waals surface area contributed by atoms with Crippen molar-refractivity contribution < 1.29 is 9.47 Å². The first-order chi connectivity index (χ1) is 12.7. The highest BCUT2D eigenvalue weighted by Gasteiger charge is 2.12. The number of rotatable bonds is 8. The van der Waals surface area contributed by atoms with Gasteiger partial charge in [-0.25, -0.2) is 0 Å². The van der Waals surface area contributed by atoms with E-state index in [0.29, 0.717) is 13.2 Å². The van der Waals surface area contributed by atoms with Gasteiger partial charge in [0.2, 0.25) is 0 Å². The maximum Gasteiger partial charge on any atom is 0.170 e. The molecule has 1 heterocycles. The smallest absolute Gasteiger partial charge is 0.170 e. The second kappa shape index (κ2) is 8.44. The lowest BCUT2D eigenvalue weighted by Gasteiger charge is -2.17. The number of tetrazole rings is 1. The number of para-hydroxylation sites is 1. The van der Waals surface area contributed by atoms with Crippen LogP contribution in [-0.2, 0) is 13.1 Å². The number of hydrogen-bond donors (Lipinski definition) is 0. The fourth-order valence-corrected chi connectivity index (χ4v) is 2.77. The topological polar surface area (TPSA) is 65.3 Å². The van der Waals surface area contributed by atoms with Gasteiger partial charge < -0.3 is 9.47 Å². The molecule has 0 radical (unpaired) electrons. The molecule has 0 spiro atoms. The third-order valence-electron chi connectivity index (χ3n) is 3.93. The number of nitrogens with zero attached hydrogens (tertiary/aromatic N) is 5. The molecule has 0 aliphatic rings. The van der Waals surface area contributed by atoms with E-state index >= 15 is 0 Å². The first kappa shape index (κ1) is 17.9. The van der Waals surface area contributed by atoms with Crippen LogP contribution >= 0.6 is 0 Å². The standard InChI is InChI=1S/C19H23N5O2/c1-4-26-17-11-10-15(12-18(17)25-3)13-23(2)14-19-20-21-22-24(19)16-8-6-5-7-9-16/h5-12H,4,13-14H2,1-3H3. The Morgan fingerprint density at radius 2 is 1.85 bits per heavy atom. The lowest BCUT2D eigenvalue weighted by atomic mass is 10.2. The summed E-state index contributed by atoms with van der Waals surface area (Å²) in [6, 6.07) is 15.9. The van der Waals surface area contributed by atoms with Gasteiger partial charge in [-0.05, 0) is 54.2 Å². The zero-order chi connectivity index (χ0) is 18.4. The van der Waals surface area contributed by atoms with Crippen LogP contribution in [0.3, 0.4) is 0 Å². The van der Waals surface area contributed by atoms with Crippen molar-refractivity contribution in [3.05, 3.63) is 59.9 Å². The van der Waals surface area contributed by atoms with Crippen molar-refractivity contribution in [2.45, 2.75) is 20.0 Å². The molecule has 0 atom stereocenters. The number of aromatic nitrogens is 4. The van der Waals surface area contributed by atoms with Gasteiger partial charge in [-0.3, -0.25) is 4.90 Å². The quantitative estimate of drug-likeness (QED) is 0.620. The van der Waals surface area contributed by atoms with E-state index in [9.17, 15) is 0 Å². The van der Waals surface area contributed by atoms with Gasteiger partial charge in [-0.2, -0.15) is 4.68 Å². The van der Waals surface area contributed by atoms with Crippen LogP contribution in [-0.4, -0.2) is 45.9 Å². The molecule has 0 saturated carbocycles. The summed E-state index contributed by atoms with van der Waals surface area (Å²) >= 11 is 0. The van der Waals surface area contributed by atoms with Gasteiger partial charge in [0.15, 0.2) is 17.3 Å². The maximum absolute atomic E-state index is 5.57. The molecule has 2 aromatic carbocycles. The summed E-state index contributed by atoms with van der Waals surface area (Å²) in [5.41, 5.74) is 2.08. The van der Waals surface area contributed by atoms with E-state index < -0.39 is 0 Å². The summed E-state index contributed by atoms with van der Waals surface area (Å²) in [5.74, 6) is 2.29. The Labute approximate surface area is 153 Å². The molecule has 0 N–H and O–H groups in total. The van der Waals surface area contributed by atoms with Gasteiger partial charge in [-0.1, -0.05) is 24.3 Å². The van der Waals surface area contributed by atoms with E-state index in [2.05, 4.69) is 20.4 Å².